The third-order valence-corrected chi connectivity index (χ3v) is 2.96. The van der Waals surface area contributed by atoms with Crippen LogP contribution in [0, 0.1) is 0 Å². The molecular formula is C12H19F3N2S. The molecule has 1 heterocycles. The summed E-state index contributed by atoms with van der Waals surface area (Å²) in [7, 11) is 0. The molecule has 18 heavy (non-hydrogen) atoms. The smallest absolute Gasteiger partial charge is 0.353 e. The van der Waals surface area contributed by atoms with Gasteiger partial charge in [-0.3, -0.25) is 0 Å². The number of aryl methyl sites for hydroxylation is 1. The summed E-state index contributed by atoms with van der Waals surface area (Å²) in [5, 5.41) is 3.33. The van der Waals surface area contributed by atoms with Gasteiger partial charge in [0.2, 0.25) is 0 Å². The van der Waals surface area contributed by atoms with Crippen LogP contribution < -0.4 is 5.32 Å². The first-order chi connectivity index (χ1) is 8.16. The second-order valence-electron chi connectivity index (χ2n) is 5.16. The van der Waals surface area contributed by atoms with Gasteiger partial charge in [0.25, 0.3) is 0 Å². The van der Waals surface area contributed by atoms with Crippen LogP contribution in [0.3, 0.4) is 0 Å². The van der Waals surface area contributed by atoms with Crippen molar-refractivity contribution in [1.29, 1.82) is 0 Å². The number of hydrogen-bond acceptors (Lipinski definition) is 2. The molecule has 0 amide bonds. The van der Waals surface area contributed by atoms with E-state index in [1.165, 1.54) is 0 Å². The monoisotopic (exact) mass is 280 g/mol. The topological polar surface area (TPSA) is 17.0 Å². The number of alkyl halides is 3. The number of nitrogens with one attached hydrogen (secondary N) is 1. The van der Waals surface area contributed by atoms with Gasteiger partial charge in [0.15, 0.2) is 0 Å². The molecule has 104 valence electrons. The van der Waals surface area contributed by atoms with Crippen molar-refractivity contribution < 1.29 is 13.2 Å². The van der Waals surface area contributed by atoms with Crippen molar-refractivity contribution in [1.82, 2.24) is 9.88 Å². The number of thioether (sulfide) groups is 1. The third kappa shape index (κ3) is 6.96. The Morgan fingerprint density at radius 3 is 2.50 bits per heavy atom. The molecule has 2 nitrogen and oxygen atoms in total. The zero-order valence-corrected chi connectivity index (χ0v) is 11.7. The van der Waals surface area contributed by atoms with Gasteiger partial charge >= 0.3 is 5.51 Å². The maximum atomic E-state index is 12.0. The summed E-state index contributed by atoms with van der Waals surface area (Å²) in [6, 6.07) is 1.93. The summed E-state index contributed by atoms with van der Waals surface area (Å²) in [6.45, 7) is 7.32. The predicted octanol–water partition coefficient (Wildman–Crippen LogP) is 3.63. The van der Waals surface area contributed by atoms with E-state index >= 15 is 0 Å². The number of hydrogen-bond donors (Lipinski definition) is 1. The van der Waals surface area contributed by atoms with E-state index in [-0.39, 0.29) is 23.1 Å². The van der Waals surface area contributed by atoms with Crippen molar-refractivity contribution in [2.24, 2.45) is 0 Å². The van der Waals surface area contributed by atoms with Crippen LogP contribution in [-0.4, -0.2) is 21.4 Å². The summed E-state index contributed by atoms with van der Waals surface area (Å²) in [4.78, 5) is 0. The predicted molar refractivity (Wildman–Crippen MR) is 69.5 cm³/mol. The van der Waals surface area contributed by atoms with E-state index in [1.807, 2.05) is 18.5 Å². The van der Waals surface area contributed by atoms with Crippen LogP contribution in [0.5, 0.6) is 0 Å². The fourth-order valence-electron chi connectivity index (χ4n) is 1.37. The molecule has 0 aliphatic rings. The van der Waals surface area contributed by atoms with Crippen molar-refractivity contribution in [2.75, 3.05) is 5.75 Å². The van der Waals surface area contributed by atoms with Gasteiger partial charge in [-0.1, -0.05) is 0 Å². The van der Waals surface area contributed by atoms with Crippen LogP contribution in [0.1, 0.15) is 26.3 Å². The Kier molecular flexibility index (Phi) is 5.16. The van der Waals surface area contributed by atoms with E-state index in [2.05, 4.69) is 26.1 Å². The molecule has 1 rings (SSSR count). The maximum Gasteiger partial charge on any atom is 0.441 e. The first-order valence-corrected chi connectivity index (χ1v) is 6.75. The van der Waals surface area contributed by atoms with E-state index in [0.717, 1.165) is 12.1 Å². The lowest BCUT2D eigenvalue weighted by molar-refractivity contribution is -0.0328. The fourth-order valence-corrected chi connectivity index (χ4v) is 1.90. The van der Waals surface area contributed by atoms with Crippen LogP contribution in [-0.2, 0) is 13.1 Å². The Morgan fingerprint density at radius 1 is 1.28 bits per heavy atom. The first-order valence-electron chi connectivity index (χ1n) is 5.76. The van der Waals surface area contributed by atoms with Crippen molar-refractivity contribution >= 4 is 11.8 Å². The zero-order valence-electron chi connectivity index (χ0n) is 10.8. The van der Waals surface area contributed by atoms with Crippen LogP contribution in [0.2, 0.25) is 0 Å². The molecule has 0 saturated heterocycles. The Hall–Kier alpha value is -0.620. The van der Waals surface area contributed by atoms with Gasteiger partial charge in [-0.25, -0.2) is 0 Å². The minimum absolute atomic E-state index is 0.0188. The van der Waals surface area contributed by atoms with Crippen molar-refractivity contribution in [2.45, 2.75) is 44.9 Å². The molecule has 6 heteroatoms. The summed E-state index contributed by atoms with van der Waals surface area (Å²) in [5.74, 6) is 0.0460. The molecule has 0 radical (unpaired) electrons. The molecule has 1 aromatic rings. The fraction of sp³-hybridized carbons (Fsp3) is 0.667. The summed E-state index contributed by atoms with van der Waals surface area (Å²) < 4.78 is 37.7. The number of nitrogens with zero attached hydrogens (tertiary/aromatic N) is 1. The minimum Gasteiger partial charge on any atom is -0.353 e. The zero-order chi connectivity index (χ0) is 13.8. The van der Waals surface area contributed by atoms with E-state index in [1.54, 1.807) is 4.57 Å². The second kappa shape index (κ2) is 6.02. The van der Waals surface area contributed by atoms with Gasteiger partial charge in [0, 0.05) is 36.8 Å². The average Bonchev–Trinajstić information content (AvgIpc) is 2.60. The highest BCUT2D eigenvalue weighted by molar-refractivity contribution is 8.00. The molecule has 0 aromatic carbocycles. The molecule has 0 unspecified atom stereocenters. The van der Waals surface area contributed by atoms with Crippen LogP contribution in [0.25, 0.3) is 0 Å². The normalized spacial score (nSPS) is 13.0. The lowest BCUT2D eigenvalue weighted by atomic mass is 10.1. The van der Waals surface area contributed by atoms with Crippen molar-refractivity contribution in [3.05, 3.63) is 24.0 Å². The second-order valence-corrected chi connectivity index (χ2v) is 6.32. The molecule has 0 fully saturated rings. The first kappa shape index (κ1) is 15.4. The molecule has 1 N–H and O–H groups in total. The number of halogens is 3. The van der Waals surface area contributed by atoms with E-state index in [9.17, 15) is 13.2 Å². The SMILES string of the molecule is CC(C)(C)NCc1ccn(CCSC(F)(F)F)c1. The quantitative estimate of drug-likeness (QED) is 0.887. The highest BCUT2D eigenvalue weighted by Gasteiger charge is 2.27. The van der Waals surface area contributed by atoms with Crippen LogP contribution >= 0.6 is 11.8 Å². The summed E-state index contributed by atoms with van der Waals surface area (Å²) >= 11 is 0.0188. The van der Waals surface area contributed by atoms with Gasteiger partial charge in [-0.2, -0.15) is 13.2 Å². The molecule has 0 atom stereocenters. The van der Waals surface area contributed by atoms with Gasteiger partial charge < -0.3 is 9.88 Å². The Bertz CT molecular complexity index is 366. The highest BCUT2D eigenvalue weighted by Crippen LogP contribution is 2.29. The van der Waals surface area contributed by atoms with E-state index in [0.29, 0.717) is 6.54 Å². The molecule has 0 aliphatic heterocycles. The van der Waals surface area contributed by atoms with E-state index in [4.69, 9.17) is 0 Å². The van der Waals surface area contributed by atoms with Crippen molar-refractivity contribution in [3.8, 4) is 0 Å². The third-order valence-electron chi connectivity index (χ3n) is 2.25. The molecule has 0 bridgehead atoms. The molecule has 1 aromatic heterocycles. The average molecular weight is 280 g/mol. The van der Waals surface area contributed by atoms with Crippen LogP contribution in [0.4, 0.5) is 13.2 Å². The van der Waals surface area contributed by atoms with Gasteiger partial charge in [-0.15, -0.1) is 0 Å². The summed E-state index contributed by atoms with van der Waals surface area (Å²) in [6.07, 6.45) is 3.70. The standard InChI is InChI=1S/C12H19F3N2S/c1-11(2,3)16-8-10-4-5-17(9-10)6-7-18-12(13,14)15/h4-5,9,16H,6-8H2,1-3H3. The van der Waals surface area contributed by atoms with Gasteiger partial charge in [0.1, 0.15) is 0 Å². The Labute approximate surface area is 110 Å². The largest absolute Gasteiger partial charge is 0.441 e. The number of rotatable bonds is 5. The highest BCUT2D eigenvalue weighted by atomic mass is 32.2. The minimum atomic E-state index is -4.14. The van der Waals surface area contributed by atoms with E-state index < -0.39 is 5.51 Å². The van der Waals surface area contributed by atoms with Crippen molar-refractivity contribution in [3.63, 3.8) is 0 Å². The Balaban J connectivity index is 2.35. The number of aromatic nitrogens is 1. The molecular weight excluding hydrogens is 261 g/mol. The molecule has 0 aliphatic carbocycles. The Morgan fingerprint density at radius 2 is 1.94 bits per heavy atom. The van der Waals surface area contributed by atoms with Gasteiger partial charge in [-0.05, 0) is 44.2 Å². The maximum absolute atomic E-state index is 12.0. The van der Waals surface area contributed by atoms with Gasteiger partial charge in [0.05, 0.1) is 0 Å². The lowest BCUT2D eigenvalue weighted by Crippen LogP contribution is -2.34. The van der Waals surface area contributed by atoms with Crippen LogP contribution in [0.15, 0.2) is 18.5 Å². The molecule has 0 spiro atoms. The lowest BCUT2D eigenvalue weighted by Gasteiger charge is -2.19. The molecule has 0 saturated carbocycles. The summed E-state index contributed by atoms with van der Waals surface area (Å²) in [5.41, 5.74) is -3.01.